The number of aliphatic carboxylic acids is 1. The fourth-order valence-corrected chi connectivity index (χ4v) is 3.29. The van der Waals surface area contributed by atoms with E-state index < -0.39 is 5.97 Å². The van der Waals surface area contributed by atoms with Gasteiger partial charge in [-0.3, -0.25) is 9.48 Å². The summed E-state index contributed by atoms with van der Waals surface area (Å²) < 4.78 is 1.78. The molecule has 0 aliphatic rings. The fourth-order valence-electron chi connectivity index (χ4n) is 3.29. The number of anilines is 1. The first-order chi connectivity index (χ1) is 13.4. The van der Waals surface area contributed by atoms with E-state index >= 15 is 0 Å². The van der Waals surface area contributed by atoms with Crippen molar-refractivity contribution < 1.29 is 14.7 Å². The van der Waals surface area contributed by atoms with Crippen molar-refractivity contribution in [2.75, 3.05) is 5.32 Å². The number of nitrogens with zero attached hydrogens (tertiary/aromatic N) is 2. The lowest BCUT2D eigenvalue weighted by molar-refractivity contribution is -0.137. The number of carbonyl (C=O) groups excluding carboxylic acids is 1. The quantitative estimate of drug-likeness (QED) is 0.585. The summed E-state index contributed by atoms with van der Waals surface area (Å²) >= 11 is 0. The molecule has 3 aromatic rings. The van der Waals surface area contributed by atoms with E-state index in [0.717, 1.165) is 22.2 Å². The summed E-state index contributed by atoms with van der Waals surface area (Å²) in [6.45, 7) is 1.94. The number of hydrogen-bond acceptors (Lipinski definition) is 3. The molecular weight excluding hydrogens is 356 g/mol. The molecule has 2 aromatic carbocycles. The second kappa shape index (κ2) is 8.56. The van der Waals surface area contributed by atoms with E-state index in [0.29, 0.717) is 18.5 Å². The molecule has 28 heavy (non-hydrogen) atoms. The zero-order valence-electron chi connectivity index (χ0n) is 16.0. The summed E-state index contributed by atoms with van der Waals surface area (Å²) in [5.74, 6) is -0.878. The van der Waals surface area contributed by atoms with Gasteiger partial charge < -0.3 is 15.7 Å². The van der Waals surface area contributed by atoms with Gasteiger partial charge in [-0.25, -0.2) is 4.79 Å². The highest BCUT2D eigenvalue weighted by molar-refractivity contribution is 5.93. The van der Waals surface area contributed by atoms with Crippen molar-refractivity contribution in [2.45, 2.75) is 32.2 Å². The highest BCUT2D eigenvalue weighted by Gasteiger charge is 2.15. The van der Waals surface area contributed by atoms with Crippen LogP contribution >= 0.6 is 0 Å². The minimum atomic E-state index is -0.878. The largest absolute Gasteiger partial charge is 0.481 e. The van der Waals surface area contributed by atoms with E-state index in [1.807, 2.05) is 62.5 Å². The molecule has 1 heterocycles. The molecule has 2 amide bonds. The first-order valence-corrected chi connectivity index (χ1v) is 9.19. The standard InChI is InChI=1S/C21H24N4O3/c1-14-18-10-8-17(13-19(18)25(2)24-14)23-21(28)22-16(9-11-20(26)27)12-15-6-4-3-5-7-15/h3-8,10,13,16H,9,11-12H2,1-2H3,(H,26,27)(H2,22,23,28). The number of urea groups is 1. The molecule has 0 radical (unpaired) electrons. The van der Waals surface area contributed by atoms with Gasteiger partial charge in [0.15, 0.2) is 0 Å². The molecule has 0 saturated carbocycles. The third kappa shape index (κ3) is 4.88. The average molecular weight is 380 g/mol. The van der Waals surface area contributed by atoms with Crippen LogP contribution in [0.3, 0.4) is 0 Å². The van der Waals surface area contributed by atoms with Gasteiger partial charge in [0.05, 0.1) is 11.2 Å². The molecule has 1 atom stereocenters. The number of carbonyl (C=O) groups is 2. The van der Waals surface area contributed by atoms with Crippen molar-refractivity contribution in [1.29, 1.82) is 0 Å². The Morgan fingerprint density at radius 3 is 2.64 bits per heavy atom. The Labute approximate surface area is 163 Å². The van der Waals surface area contributed by atoms with Crippen molar-refractivity contribution in [3.63, 3.8) is 0 Å². The maximum absolute atomic E-state index is 12.5. The predicted molar refractivity (Wildman–Crippen MR) is 108 cm³/mol. The second-order valence-electron chi connectivity index (χ2n) is 6.86. The molecule has 0 aliphatic heterocycles. The highest BCUT2D eigenvalue weighted by atomic mass is 16.4. The Morgan fingerprint density at radius 1 is 1.18 bits per heavy atom. The monoisotopic (exact) mass is 380 g/mol. The van der Waals surface area contributed by atoms with Crippen LogP contribution in [0, 0.1) is 6.92 Å². The van der Waals surface area contributed by atoms with Crippen LogP contribution in [0.4, 0.5) is 10.5 Å². The van der Waals surface area contributed by atoms with Crippen LogP contribution in [-0.2, 0) is 18.3 Å². The van der Waals surface area contributed by atoms with Crippen LogP contribution in [0.1, 0.15) is 24.1 Å². The Balaban J connectivity index is 1.68. The third-order valence-corrected chi connectivity index (χ3v) is 4.66. The molecule has 1 aromatic heterocycles. The summed E-state index contributed by atoms with van der Waals surface area (Å²) in [4.78, 5) is 23.4. The molecule has 0 saturated heterocycles. The third-order valence-electron chi connectivity index (χ3n) is 4.66. The summed E-state index contributed by atoms with van der Waals surface area (Å²) in [6, 6.07) is 14.7. The van der Waals surface area contributed by atoms with Crippen LogP contribution < -0.4 is 10.6 Å². The molecule has 7 heteroatoms. The summed E-state index contributed by atoms with van der Waals surface area (Å²) in [6.07, 6.45) is 0.928. The Bertz CT molecular complexity index is 982. The SMILES string of the molecule is Cc1nn(C)c2cc(NC(=O)NC(CCC(=O)O)Cc3ccccc3)ccc12. The number of carboxylic acid groups (broad SMARTS) is 1. The maximum atomic E-state index is 12.5. The van der Waals surface area contributed by atoms with Gasteiger partial charge in [0.2, 0.25) is 0 Å². The van der Waals surface area contributed by atoms with Gasteiger partial charge in [-0.1, -0.05) is 30.3 Å². The summed E-state index contributed by atoms with van der Waals surface area (Å²) in [5.41, 5.74) is 3.57. The van der Waals surface area contributed by atoms with Crippen LogP contribution in [0.5, 0.6) is 0 Å². The average Bonchev–Trinajstić information content (AvgIpc) is 2.94. The van der Waals surface area contributed by atoms with Gasteiger partial charge >= 0.3 is 12.0 Å². The van der Waals surface area contributed by atoms with Gasteiger partial charge in [0, 0.05) is 30.6 Å². The highest BCUT2D eigenvalue weighted by Crippen LogP contribution is 2.21. The maximum Gasteiger partial charge on any atom is 0.319 e. The minimum absolute atomic E-state index is 0.00195. The Morgan fingerprint density at radius 2 is 1.93 bits per heavy atom. The normalized spacial score (nSPS) is 11.9. The fraction of sp³-hybridized carbons (Fsp3) is 0.286. The lowest BCUT2D eigenvalue weighted by Crippen LogP contribution is -2.39. The van der Waals surface area contributed by atoms with Crippen molar-refractivity contribution in [3.8, 4) is 0 Å². The molecule has 0 spiro atoms. The molecule has 0 aliphatic carbocycles. The van der Waals surface area contributed by atoms with E-state index in [2.05, 4.69) is 15.7 Å². The molecule has 3 rings (SSSR count). The van der Waals surface area contributed by atoms with Gasteiger partial charge in [-0.2, -0.15) is 5.10 Å². The number of nitrogens with one attached hydrogen (secondary N) is 2. The molecule has 0 fully saturated rings. The van der Waals surface area contributed by atoms with Gasteiger partial charge in [-0.05, 0) is 43.5 Å². The van der Waals surface area contributed by atoms with E-state index in [4.69, 9.17) is 5.11 Å². The molecule has 7 nitrogen and oxygen atoms in total. The zero-order chi connectivity index (χ0) is 20.1. The first kappa shape index (κ1) is 19.4. The second-order valence-corrected chi connectivity index (χ2v) is 6.86. The van der Waals surface area contributed by atoms with Crippen LogP contribution in [-0.4, -0.2) is 32.9 Å². The summed E-state index contributed by atoms with van der Waals surface area (Å²) in [7, 11) is 1.86. The number of aryl methyl sites for hydroxylation is 2. The van der Waals surface area contributed by atoms with Crippen molar-refractivity contribution in [3.05, 3.63) is 59.8 Å². The Hall–Kier alpha value is -3.35. The number of aromatic nitrogens is 2. The minimum Gasteiger partial charge on any atom is -0.481 e. The van der Waals surface area contributed by atoms with Gasteiger partial charge in [-0.15, -0.1) is 0 Å². The van der Waals surface area contributed by atoms with Crippen LogP contribution in [0.25, 0.3) is 10.9 Å². The van der Waals surface area contributed by atoms with E-state index in [1.165, 1.54) is 0 Å². The molecule has 0 bridgehead atoms. The number of benzene rings is 2. The number of amides is 2. The predicted octanol–water partition coefficient (Wildman–Crippen LogP) is 3.48. The molecule has 146 valence electrons. The number of fused-ring (bicyclic) bond motifs is 1. The first-order valence-electron chi connectivity index (χ1n) is 9.19. The number of hydrogen-bond donors (Lipinski definition) is 3. The zero-order valence-corrected chi connectivity index (χ0v) is 16.0. The molecule has 3 N–H and O–H groups in total. The van der Waals surface area contributed by atoms with E-state index in [1.54, 1.807) is 4.68 Å². The molecular formula is C21H24N4O3. The van der Waals surface area contributed by atoms with Crippen molar-refractivity contribution in [2.24, 2.45) is 7.05 Å². The Kier molecular flexibility index (Phi) is 5.93. The van der Waals surface area contributed by atoms with Crippen molar-refractivity contribution >= 4 is 28.6 Å². The van der Waals surface area contributed by atoms with Gasteiger partial charge in [0.25, 0.3) is 0 Å². The van der Waals surface area contributed by atoms with E-state index in [9.17, 15) is 9.59 Å². The van der Waals surface area contributed by atoms with Crippen LogP contribution in [0.2, 0.25) is 0 Å². The topological polar surface area (TPSA) is 96.3 Å². The lowest BCUT2D eigenvalue weighted by atomic mass is 10.0. The van der Waals surface area contributed by atoms with Crippen molar-refractivity contribution in [1.82, 2.24) is 15.1 Å². The van der Waals surface area contributed by atoms with Crippen LogP contribution in [0.15, 0.2) is 48.5 Å². The summed E-state index contributed by atoms with van der Waals surface area (Å²) in [5, 5.41) is 20.1. The smallest absolute Gasteiger partial charge is 0.319 e. The lowest BCUT2D eigenvalue weighted by Gasteiger charge is -2.19. The number of carboxylic acids is 1. The van der Waals surface area contributed by atoms with E-state index in [-0.39, 0.29) is 18.5 Å². The van der Waals surface area contributed by atoms with Gasteiger partial charge in [0.1, 0.15) is 0 Å². The molecule has 1 unspecified atom stereocenters. The number of rotatable bonds is 7.